The van der Waals surface area contributed by atoms with E-state index in [1.165, 1.54) is 12.8 Å². The summed E-state index contributed by atoms with van der Waals surface area (Å²) in [6.07, 6.45) is 4.06. The molecule has 0 unspecified atom stereocenters. The minimum atomic E-state index is -0.0273. The third kappa shape index (κ3) is 5.05. The Hall–Kier alpha value is -1.88. The molecule has 0 aliphatic carbocycles. The van der Waals surface area contributed by atoms with E-state index in [9.17, 15) is 4.79 Å². The van der Waals surface area contributed by atoms with Gasteiger partial charge >= 0.3 is 0 Å². The lowest BCUT2D eigenvalue weighted by molar-refractivity contribution is 0.0987. The number of amides is 1. The summed E-state index contributed by atoms with van der Waals surface area (Å²) in [5.41, 5.74) is 1.85. The minimum absolute atomic E-state index is 0.0273. The summed E-state index contributed by atoms with van der Waals surface area (Å²) in [5.74, 6) is 0.637. The molecule has 0 saturated carbocycles. The molecule has 0 aliphatic heterocycles. The second kappa shape index (κ2) is 9.56. The maximum Gasteiger partial charge on any atom is 0.259 e. The number of nitrogens with zero attached hydrogens (tertiary/aromatic N) is 3. The quantitative estimate of drug-likeness (QED) is 0.612. The van der Waals surface area contributed by atoms with E-state index in [4.69, 9.17) is 0 Å². The topological polar surface area (TPSA) is 36.4 Å². The molecule has 0 radical (unpaired) electrons. The first kappa shape index (κ1) is 19.4. The average Bonchev–Trinajstić information content (AvgIpc) is 2.65. The molecule has 1 heterocycles. The minimum Gasteiger partial charge on any atom is -0.372 e. The molecule has 0 aliphatic rings. The first-order valence-electron chi connectivity index (χ1n) is 8.89. The maximum atomic E-state index is 12.8. The average molecular weight is 404 g/mol. The molecule has 0 spiro atoms. The molecule has 5 heteroatoms. The van der Waals surface area contributed by atoms with Crippen molar-refractivity contribution in [1.82, 2.24) is 4.98 Å². The molecule has 2 rings (SSSR count). The number of hydrogen-bond donors (Lipinski definition) is 0. The highest BCUT2D eigenvalue weighted by atomic mass is 79.9. The first-order chi connectivity index (χ1) is 12.1. The molecule has 1 aromatic heterocycles. The smallest absolute Gasteiger partial charge is 0.259 e. The van der Waals surface area contributed by atoms with Crippen molar-refractivity contribution in [2.75, 3.05) is 29.4 Å². The number of rotatable bonds is 8. The highest BCUT2D eigenvalue weighted by Gasteiger charge is 2.17. The van der Waals surface area contributed by atoms with Gasteiger partial charge in [0.05, 0.1) is 0 Å². The van der Waals surface area contributed by atoms with Gasteiger partial charge in [-0.25, -0.2) is 4.98 Å². The van der Waals surface area contributed by atoms with Crippen LogP contribution in [0.4, 0.5) is 11.5 Å². The second-order valence-electron chi connectivity index (χ2n) is 5.86. The van der Waals surface area contributed by atoms with Gasteiger partial charge in [0.15, 0.2) is 0 Å². The van der Waals surface area contributed by atoms with E-state index in [0.717, 1.165) is 23.2 Å². The molecule has 25 heavy (non-hydrogen) atoms. The summed E-state index contributed by atoms with van der Waals surface area (Å²) in [6.45, 7) is 8.91. The molecular weight excluding hydrogens is 378 g/mol. The van der Waals surface area contributed by atoms with Gasteiger partial charge in [0.2, 0.25) is 0 Å². The summed E-state index contributed by atoms with van der Waals surface area (Å²) in [6, 6.07) is 11.6. The number of hydrogen-bond acceptors (Lipinski definition) is 3. The summed E-state index contributed by atoms with van der Waals surface area (Å²) in [7, 11) is 0. The molecule has 4 nitrogen and oxygen atoms in total. The van der Waals surface area contributed by atoms with Crippen LogP contribution in [0.3, 0.4) is 0 Å². The Balaban J connectivity index is 2.16. The van der Waals surface area contributed by atoms with Crippen molar-refractivity contribution >= 4 is 33.3 Å². The third-order valence-corrected chi connectivity index (χ3v) is 4.66. The predicted molar refractivity (Wildman–Crippen MR) is 109 cm³/mol. The van der Waals surface area contributed by atoms with E-state index >= 15 is 0 Å². The van der Waals surface area contributed by atoms with Crippen molar-refractivity contribution in [3.8, 4) is 0 Å². The van der Waals surface area contributed by atoms with Crippen molar-refractivity contribution in [3.63, 3.8) is 0 Å². The number of halogens is 1. The molecule has 0 N–H and O–H groups in total. The number of carbonyl (C=O) groups excluding carboxylic acids is 1. The largest absolute Gasteiger partial charge is 0.372 e. The lowest BCUT2D eigenvalue weighted by Crippen LogP contribution is -2.31. The fraction of sp³-hybridized carbons (Fsp3) is 0.400. The highest BCUT2D eigenvalue weighted by Crippen LogP contribution is 2.20. The van der Waals surface area contributed by atoms with Crippen LogP contribution in [-0.2, 0) is 0 Å². The van der Waals surface area contributed by atoms with Crippen molar-refractivity contribution in [3.05, 3.63) is 52.6 Å². The Kier molecular flexibility index (Phi) is 7.44. The van der Waals surface area contributed by atoms with Crippen LogP contribution in [-0.4, -0.2) is 30.5 Å². The van der Waals surface area contributed by atoms with E-state index in [1.807, 2.05) is 43.3 Å². The zero-order valence-electron chi connectivity index (χ0n) is 15.2. The summed E-state index contributed by atoms with van der Waals surface area (Å²) < 4.78 is 0.899. The number of carbonyl (C=O) groups is 1. The number of benzene rings is 1. The molecule has 2 aromatic rings. The molecule has 1 aromatic carbocycles. The highest BCUT2D eigenvalue weighted by molar-refractivity contribution is 9.10. The normalized spacial score (nSPS) is 10.6. The zero-order valence-corrected chi connectivity index (χ0v) is 16.8. The van der Waals surface area contributed by atoms with Gasteiger partial charge in [-0.3, -0.25) is 9.69 Å². The molecule has 0 bridgehead atoms. The fourth-order valence-corrected chi connectivity index (χ4v) is 2.96. The van der Waals surface area contributed by atoms with Crippen LogP contribution in [0, 0.1) is 0 Å². The fourth-order valence-electron chi connectivity index (χ4n) is 2.73. The lowest BCUT2D eigenvalue weighted by Gasteiger charge is -2.24. The number of anilines is 2. The Morgan fingerprint density at radius 2 is 1.76 bits per heavy atom. The van der Waals surface area contributed by atoms with Crippen LogP contribution in [0.15, 0.2) is 47.1 Å². The predicted octanol–water partition coefficient (Wildman–Crippen LogP) is 5.14. The van der Waals surface area contributed by atoms with Gasteiger partial charge in [-0.05, 0) is 72.6 Å². The molecule has 0 saturated heterocycles. The van der Waals surface area contributed by atoms with E-state index in [0.29, 0.717) is 17.9 Å². The zero-order chi connectivity index (χ0) is 18.2. The van der Waals surface area contributed by atoms with E-state index < -0.39 is 0 Å². The number of pyridine rings is 1. The summed E-state index contributed by atoms with van der Waals surface area (Å²) in [5, 5.41) is 0. The Morgan fingerprint density at radius 3 is 2.28 bits per heavy atom. The van der Waals surface area contributed by atoms with E-state index in [2.05, 4.69) is 39.7 Å². The number of aromatic nitrogens is 1. The van der Waals surface area contributed by atoms with Gasteiger partial charge in [0, 0.05) is 41.6 Å². The van der Waals surface area contributed by atoms with Crippen molar-refractivity contribution in [2.45, 2.75) is 33.6 Å². The van der Waals surface area contributed by atoms with Gasteiger partial charge in [-0.15, -0.1) is 0 Å². The van der Waals surface area contributed by atoms with Crippen molar-refractivity contribution in [2.24, 2.45) is 0 Å². The van der Waals surface area contributed by atoms with Crippen LogP contribution in [0.2, 0.25) is 0 Å². The van der Waals surface area contributed by atoms with Crippen LogP contribution in [0.5, 0.6) is 0 Å². The van der Waals surface area contributed by atoms with Crippen LogP contribution in [0.1, 0.15) is 44.0 Å². The van der Waals surface area contributed by atoms with Crippen LogP contribution < -0.4 is 9.80 Å². The lowest BCUT2D eigenvalue weighted by atomic mass is 10.1. The van der Waals surface area contributed by atoms with Crippen LogP contribution in [0.25, 0.3) is 0 Å². The summed E-state index contributed by atoms with van der Waals surface area (Å²) >= 11 is 3.37. The third-order valence-electron chi connectivity index (χ3n) is 4.19. The molecule has 134 valence electrons. The Bertz CT molecular complexity index is 670. The van der Waals surface area contributed by atoms with Crippen molar-refractivity contribution < 1.29 is 4.79 Å². The Morgan fingerprint density at radius 1 is 1.04 bits per heavy atom. The number of unbranched alkanes of at least 4 members (excludes halogenated alkanes) is 1. The Labute approximate surface area is 159 Å². The molecule has 1 amide bonds. The molecular formula is C20H26BrN3O. The maximum absolute atomic E-state index is 12.8. The van der Waals surface area contributed by atoms with Gasteiger partial charge in [-0.1, -0.05) is 13.3 Å². The second-order valence-corrected chi connectivity index (χ2v) is 6.78. The van der Waals surface area contributed by atoms with Gasteiger partial charge < -0.3 is 4.90 Å². The summed E-state index contributed by atoms with van der Waals surface area (Å²) in [4.78, 5) is 21.2. The molecule has 0 atom stereocenters. The van der Waals surface area contributed by atoms with E-state index in [-0.39, 0.29) is 5.91 Å². The first-order valence-corrected chi connectivity index (χ1v) is 9.68. The van der Waals surface area contributed by atoms with E-state index in [1.54, 1.807) is 11.1 Å². The standard InChI is InChI=1S/C20H26BrN3O/c1-4-7-14-23(5-2)18-11-8-16(9-12-18)20(25)24(6-3)19-13-10-17(21)15-22-19/h8-13,15H,4-7,14H2,1-3H3. The van der Waals surface area contributed by atoms with Crippen molar-refractivity contribution in [1.29, 1.82) is 0 Å². The van der Waals surface area contributed by atoms with Crippen LogP contribution >= 0.6 is 15.9 Å². The monoisotopic (exact) mass is 403 g/mol. The van der Waals surface area contributed by atoms with Gasteiger partial charge in [-0.2, -0.15) is 0 Å². The van der Waals surface area contributed by atoms with Gasteiger partial charge in [0.25, 0.3) is 5.91 Å². The molecule has 0 fully saturated rings. The SMILES string of the molecule is CCCCN(CC)c1ccc(C(=O)N(CC)c2ccc(Br)cn2)cc1. The van der Waals surface area contributed by atoms with Gasteiger partial charge in [0.1, 0.15) is 5.82 Å².